The van der Waals surface area contributed by atoms with E-state index >= 15 is 0 Å². The molecule has 1 aromatic carbocycles. The van der Waals surface area contributed by atoms with Gasteiger partial charge in [0.1, 0.15) is 18.0 Å². The van der Waals surface area contributed by atoms with Crippen molar-refractivity contribution in [2.75, 3.05) is 31.3 Å². The van der Waals surface area contributed by atoms with Crippen LogP contribution in [0.2, 0.25) is 0 Å². The van der Waals surface area contributed by atoms with E-state index in [0.29, 0.717) is 12.1 Å². The molecule has 1 saturated heterocycles. The lowest BCUT2D eigenvalue weighted by Gasteiger charge is -2.34. The number of alkyl halides is 2. The molecule has 2 aromatic heterocycles. The Morgan fingerprint density at radius 1 is 1.30 bits per heavy atom. The second kappa shape index (κ2) is 9.21. The minimum Gasteiger partial charge on any atom is -0.504 e. The van der Waals surface area contributed by atoms with Crippen molar-refractivity contribution < 1.29 is 23.4 Å². The van der Waals surface area contributed by atoms with E-state index in [-0.39, 0.29) is 22.8 Å². The minimum absolute atomic E-state index is 0.0335. The Kier molecular flexibility index (Phi) is 6.52. The zero-order chi connectivity index (χ0) is 27.3. The molecule has 3 heterocycles. The van der Waals surface area contributed by atoms with E-state index in [1.165, 1.54) is 38.2 Å². The highest BCUT2D eigenvalue weighted by atomic mass is 19.3. The summed E-state index contributed by atoms with van der Waals surface area (Å²) in [5.74, 6) is -4.16. The molecule has 0 radical (unpaired) electrons. The summed E-state index contributed by atoms with van der Waals surface area (Å²) in [4.78, 5) is 42.6. The molecule has 11 nitrogen and oxygen atoms in total. The fourth-order valence-electron chi connectivity index (χ4n) is 4.50. The van der Waals surface area contributed by atoms with Crippen LogP contribution in [0.25, 0.3) is 0 Å². The van der Waals surface area contributed by atoms with Gasteiger partial charge in [0.05, 0.1) is 23.0 Å². The van der Waals surface area contributed by atoms with Gasteiger partial charge in [0.15, 0.2) is 11.4 Å². The van der Waals surface area contributed by atoms with Crippen LogP contribution in [0.4, 0.5) is 25.8 Å². The number of aryl methyl sites for hydroxylation is 2. The van der Waals surface area contributed by atoms with Crippen molar-refractivity contribution in [3.8, 4) is 5.75 Å². The highest BCUT2D eigenvalue weighted by Crippen LogP contribution is 2.46. The van der Waals surface area contributed by atoms with Gasteiger partial charge in [0.25, 0.3) is 22.7 Å². The van der Waals surface area contributed by atoms with Crippen LogP contribution >= 0.6 is 0 Å². The Morgan fingerprint density at radius 3 is 2.57 bits per heavy atom. The fourth-order valence-corrected chi connectivity index (χ4v) is 4.50. The molecule has 0 aliphatic carbocycles. The number of carbonyl (C=O) groups excluding carboxylic acids is 1. The quantitative estimate of drug-likeness (QED) is 0.383. The Morgan fingerprint density at radius 2 is 1.97 bits per heavy atom. The predicted molar refractivity (Wildman–Crippen MR) is 131 cm³/mol. The van der Waals surface area contributed by atoms with Gasteiger partial charge in [-0.25, -0.2) is 13.8 Å². The van der Waals surface area contributed by atoms with Gasteiger partial charge in [-0.3, -0.25) is 19.1 Å². The summed E-state index contributed by atoms with van der Waals surface area (Å²) in [6.07, 6.45) is 2.92. The summed E-state index contributed by atoms with van der Waals surface area (Å²) >= 11 is 0. The first-order valence-corrected chi connectivity index (χ1v) is 11.6. The number of hydrogen-bond acceptors (Lipinski definition) is 9. The summed E-state index contributed by atoms with van der Waals surface area (Å²) in [6.45, 7) is 2.60. The number of aromatic hydroxyl groups is 1. The molecule has 3 N–H and O–H groups in total. The third-order valence-electron chi connectivity index (χ3n) is 6.42. The summed E-state index contributed by atoms with van der Waals surface area (Å²) in [7, 11) is 4.66. The molecule has 2 atom stereocenters. The molecule has 37 heavy (non-hydrogen) atoms. The van der Waals surface area contributed by atoms with Crippen LogP contribution < -0.4 is 21.5 Å². The average Bonchev–Trinajstić information content (AvgIpc) is 3.36. The van der Waals surface area contributed by atoms with Crippen molar-refractivity contribution in [1.82, 2.24) is 19.7 Å². The van der Waals surface area contributed by atoms with E-state index in [4.69, 9.17) is 4.74 Å². The van der Waals surface area contributed by atoms with Gasteiger partial charge in [-0.15, -0.1) is 0 Å². The highest BCUT2D eigenvalue weighted by Gasteiger charge is 2.54. The molecule has 1 aliphatic heterocycles. The van der Waals surface area contributed by atoms with E-state index < -0.39 is 53.1 Å². The van der Waals surface area contributed by atoms with Crippen LogP contribution in [0.15, 0.2) is 28.0 Å². The summed E-state index contributed by atoms with van der Waals surface area (Å²) in [6, 6.07) is 0.327. The normalized spacial score (nSPS) is 19.6. The van der Waals surface area contributed by atoms with Crippen LogP contribution in [-0.4, -0.2) is 62.9 Å². The predicted octanol–water partition coefficient (Wildman–Crippen LogP) is 2.09. The molecular weight excluding hydrogens is 490 g/mol. The smallest absolute Gasteiger partial charge is 0.275 e. The molecule has 0 saturated carbocycles. The molecule has 4 rings (SSSR count). The maximum absolute atomic E-state index is 14.3. The molecular formula is C24H28F2N6O5. The average molecular weight is 519 g/mol. The van der Waals surface area contributed by atoms with Crippen molar-refractivity contribution in [3.05, 3.63) is 55.9 Å². The third kappa shape index (κ3) is 4.66. The number of pyridine rings is 1. The standard InChI is InChI=1S/C24H28F2N6O5/c1-6-12-9-32(5)30-14(12)21(23(2)10-24(25,26)11-37-23)29-16-15(19(34)20(16)35)28-13-7-8-27-17(18(13)33)22(36)31(3)4/h7-9,21,29,33H,6,10-11H2,1-5H3,(H,27,28)/t21-,23-/m0/s1. The lowest BCUT2D eigenvalue weighted by atomic mass is 9.87. The molecule has 0 bridgehead atoms. The second-order valence-electron chi connectivity index (χ2n) is 9.57. The zero-order valence-corrected chi connectivity index (χ0v) is 21.1. The van der Waals surface area contributed by atoms with E-state index in [9.17, 15) is 28.3 Å². The summed E-state index contributed by atoms with van der Waals surface area (Å²) < 4.78 is 35.6. The first kappa shape index (κ1) is 26.2. The number of nitrogens with one attached hydrogen (secondary N) is 2. The van der Waals surface area contributed by atoms with E-state index in [2.05, 4.69) is 20.7 Å². The van der Waals surface area contributed by atoms with Crippen molar-refractivity contribution in [3.63, 3.8) is 0 Å². The minimum atomic E-state index is -3.08. The lowest BCUT2D eigenvalue weighted by molar-refractivity contribution is -0.0248. The molecule has 1 amide bonds. The van der Waals surface area contributed by atoms with E-state index in [0.717, 1.165) is 5.56 Å². The molecule has 1 fully saturated rings. The zero-order valence-electron chi connectivity index (χ0n) is 21.1. The maximum atomic E-state index is 14.3. The number of hydrogen-bond donors (Lipinski definition) is 3. The second-order valence-corrected chi connectivity index (χ2v) is 9.57. The van der Waals surface area contributed by atoms with Crippen LogP contribution in [0.1, 0.15) is 48.1 Å². The highest BCUT2D eigenvalue weighted by molar-refractivity contribution is 5.97. The van der Waals surface area contributed by atoms with E-state index in [1.54, 1.807) is 17.9 Å². The Bertz CT molecular complexity index is 1430. The Labute approximate surface area is 210 Å². The topological polar surface area (TPSA) is 139 Å². The number of ether oxygens (including phenoxy) is 1. The van der Waals surface area contributed by atoms with Crippen molar-refractivity contribution in [1.29, 1.82) is 0 Å². The molecule has 0 spiro atoms. The summed E-state index contributed by atoms with van der Waals surface area (Å²) in [5.41, 5.74) is -2.68. The first-order valence-electron chi connectivity index (χ1n) is 11.6. The lowest BCUT2D eigenvalue weighted by Crippen LogP contribution is -2.44. The fraction of sp³-hybridized carbons (Fsp3) is 0.458. The number of rotatable bonds is 8. The van der Waals surface area contributed by atoms with Gasteiger partial charge >= 0.3 is 0 Å². The van der Waals surface area contributed by atoms with Gasteiger partial charge in [0.2, 0.25) is 0 Å². The molecule has 3 aromatic rings. The molecule has 1 aliphatic rings. The summed E-state index contributed by atoms with van der Waals surface area (Å²) in [5, 5.41) is 20.7. The van der Waals surface area contributed by atoms with Crippen LogP contribution in [0.5, 0.6) is 5.75 Å². The number of halogens is 2. The van der Waals surface area contributed by atoms with Crippen LogP contribution in [0, 0.1) is 0 Å². The van der Waals surface area contributed by atoms with Gasteiger partial charge in [-0.2, -0.15) is 5.10 Å². The number of aromatic nitrogens is 3. The van der Waals surface area contributed by atoms with Gasteiger partial charge < -0.3 is 25.4 Å². The van der Waals surface area contributed by atoms with Crippen LogP contribution in [-0.2, 0) is 18.2 Å². The third-order valence-corrected chi connectivity index (χ3v) is 6.42. The monoisotopic (exact) mass is 518 g/mol. The van der Waals surface area contributed by atoms with E-state index in [1.807, 2.05) is 6.92 Å². The van der Waals surface area contributed by atoms with Gasteiger partial charge in [0, 0.05) is 40.0 Å². The number of carbonyl (C=O) groups is 1. The number of anilines is 3. The Hall–Kier alpha value is -3.87. The first-order chi connectivity index (χ1) is 17.3. The van der Waals surface area contributed by atoms with Crippen molar-refractivity contribution in [2.45, 2.75) is 44.3 Å². The maximum Gasteiger partial charge on any atom is 0.275 e. The Balaban J connectivity index is 1.74. The number of nitrogens with zero attached hydrogens (tertiary/aromatic N) is 4. The molecule has 0 unspecified atom stereocenters. The SMILES string of the molecule is CCc1cn(C)nc1[C@H](Nc1c(Nc2ccnc(C(=O)N(C)C)c2O)c(=O)c1=O)[C@]1(C)CC(F)(F)CO1. The molecule has 198 valence electrons. The van der Waals surface area contributed by atoms with Gasteiger partial charge in [-0.1, -0.05) is 6.92 Å². The van der Waals surface area contributed by atoms with Crippen molar-refractivity contribution >= 4 is 23.0 Å². The van der Waals surface area contributed by atoms with Gasteiger partial charge in [-0.05, 0) is 25.0 Å². The largest absolute Gasteiger partial charge is 0.504 e. The number of amides is 1. The van der Waals surface area contributed by atoms with Crippen LogP contribution in [0.3, 0.4) is 0 Å². The molecule has 13 heteroatoms. The van der Waals surface area contributed by atoms with Crippen molar-refractivity contribution in [2.24, 2.45) is 7.05 Å².